The van der Waals surface area contributed by atoms with Crippen molar-refractivity contribution in [3.8, 4) is 0 Å². The molecule has 0 bridgehead atoms. The van der Waals surface area contributed by atoms with Crippen molar-refractivity contribution < 1.29 is 9.21 Å². The lowest BCUT2D eigenvalue weighted by Gasteiger charge is -2.09. The fourth-order valence-electron chi connectivity index (χ4n) is 1.90. The molecule has 0 aliphatic heterocycles. The highest BCUT2D eigenvalue weighted by atomic mass is 79.9. The molecular formula is C16H12BrN3O2S. The standard InChI is InChI=1S/C16H12BrN3O2S/c1-10-9-11(23-16-18-7-2-8-19-16)3-4-12(10)20-15(21)13-5-6-14(17)22-13/h2-9H,1H3,(H,20,21). The zero-order valence-electron chi connectivity index (χ0n) is 12.1. The molecule has 0 radical (unpaired) electrons. The molecule has 3 rings (SSSR count). The largest absolute Gasteiger partial charge is 0.444 e. The normalized spacial score (nSPS) is 10.5. The number of hydrogen-bond acceptors (Lipinski definition) is 5. The molecule has 0 aliphatic carbocycles. The zero-order chi connectivity index (χ0) is 16.2. The van der Waals surface area contributed by atoms with Crippen LogP contribution in [0.4, 0.5) is 5.69 Å². The Kier molecular flexibility index (Phi) is 4.78. The molecule has 0 fully saturated rings. The zero-order valence-corrected chi connectivity index (χ0v) is 14.5. The summed E-state index contributed by atoms with van der Waals surface area (Å²) < 4.78 is 5.77. The Morgan fingerprint density at radius 3 is 2.65 bits per heavy atom. The quantitative estimate of drug-likeness (QED) is 0.663. The van der Waals surface area contributed by atoms with Gasteiger partial charge in [-0.2, -0.15) is 0 Å². The van der Waals surface area contributed by atoms with E-state index in [1.54, 1.807) is 30.6 Å². The molecule has 3 aromatic rings. The van der Waals surface area contributed by atoms with Crippen LogP contribution in [0.3, 0.4) is 0 Å². The van der Waals surface area contributed by atoms with E-state index in [0.29, 0.717) is 9.83 Å². The summed E-state index contributed by atoms with van der Waals surface area (Å²) in [4.78, 5) is 21.5. The SMILES string of the molecule is Cc1cc(Sc2ncccn2)ccc1NC(=O)c1ccc(Br)o1. The first kappa shape index (κ1) is 15.8. The van der Waals surface area contributed by atoms with Gasteiger partial charge in [-0.15, -0.1) is 0 Å². The average Bonchev–Trinajstić information content (AvgIpc) is 2.98. The highest BCUT2D eigenvalue weighted by molar-refractivity contribution is 9.10. The molecule has 2 heterocycles. The van der Waals surface area contributed by atoms with Gasteiger partial charge in [-0.3, -0.25) is 4.79 Å². The molecule has 1 amide bonds. The maximum absolute atomic E-state index is 12.1. The summed E-state index contributed by atoms with van der Waals surface area (Å²) in [5.41, 5.74) is 1.69. The van der Waals surface area contributed by atoms with Crippen LogP contribution in [0.15, 0.2) is 67.9 Å². The Morgan fingerprint density at radius 2 is 2.00 bits per heavy atom. The molecule has 1 N–H and O–H groups in total. The molecule has 0 saturated carbocycles. The number of amides is 1. The predicted octanol–water partition coefficient (Wildman–Crippen LogP) is 4.54. The first-order valence-electron chi connectivity index (χ1n) is 6.74. The van der Waals surface area contributed by atoms with E-state index in [-0.39, 0.29) is 11.7 Å². The van der Waals surface area contributed by atoms with E-state index in [2.05, 4.69) is 31.2 Å². The van der Waals surface area contributed by atoms with E-state index in [9.17, 15) is 4.79 Å². The molecule has 0 atom stereocenters. The minimum absolute atomic E-state index is 0.257. The number of carbonyl (C=O) groups excluding carboxylic acids is 1. The lowest BCUT2D eigenvalue weighted by atomic mass is 10.2. The number of nitrogens with zero attached hydrogens (tertiary/aromatic N) is 2. The van der Waals surface area contributed by atoms with E-state index in [1.807, 2.05) is 25.1 Å². The fourth-order valence-corrected chi connectivity index (χ4v) is 3.02. The first-order chi connectivity index (χ1) is 11.1. The number of rotatable bonds is 4. The van der Waals surface area contributed by atoms with Crippen LogP contribution < -0.4 is 5.32 Å². The fraction of sp³-hybridized carbons (Fsp3) is 0.0625. The van der Waals surface area contributed by atoms with Gasteiger partial charge in [0.1, 0.15) is 0 Å². The molecule has 7 heteroatoms. The third-order valence-corrected chi connectivity index (χ3v) is 4.30. The van der Waals surface area contributed by atoms with Crippen LogP contribution in [0.5, 0.6) is 0 Å². The van der Waals surface area contributed by atoms with Crippen LogP contribution in [0.1, 0.15) is 16.1 Å². The summed E-state index contributed by atoms with van der Waals surface area (Å²) >= 11 is 4.65. The van der Waals surface area contributed by atoms with Crippen molar-refractivity contribution in [2.45, 2.75) is 17.0 Å². The molecule has 23 heavy (non-hydrogen) atoms. The second-order valence-corrected chi connectivity index (χ2v) is 6.49. The summed E-state index contributed by atoms with van der Waals surface area (Å²) in [7, 11) is 0. The van der Waals surface area contributed by atoms with Gasteiger partial charge in [0.15, 0.2) is 15.6 Å². The Balaban J connectivity index is 1.73. The van der Waals surface area contributed by atoms with Crippen LogP contribution in [-0.4, -0.2) is 15.9 Å². The van der Waals surface area contributed by atoms with Crippen LogP contribution in [0, 0.1) is 6.92 Å². The van der Waals surface area contributed by atoms with Gasteiger partial charge in [-0.05, 0) is 76.6 Å². The molecule has 1 aromatic carbocycles. The number of hydrogen-bond donors (Lipinski definition) is 1. The van der Waals surface area contributed by atoms with Gasteiger partial charge >= 0.3 is 0 Å². The first-order valence-corrected chi connectivity index (χ1v) is 8.35. The number of carbonyl (C=O) groups is 1. The smallest absolute Gasteiger partial charge is 0.291 e. The molecule has 116 valence electrons. The van der Waals surface area contributed by atoms with Crippen molar-refractivity contribution in [1.82, 2.24) is 9.97 Å². The molecule has 0 spiro atoms. The molecule has 5 nitrogen and oxygen atoms in total. The Bertz CT molecular complexity index is 836. The molecule has 0 saturated heterocycles. The van der Waals surface area contributed by atoms with Gasteiger partial charge in [-0.25, -0.2) is 9.97 Å². The Labute approximate surface area is 145 Å². The number of nitrogens with one attached hydrogen (secondary N) is 1. The highest BCUT2D eigenvalue weighted by Gasteiger charge is 2.12. The van der Waals surface area contributed by atoms with E-state index in [0.717, 1.165) is 16.1 Å². The van der Waals surface area contributed by atoms with Gasteiger partial charge in [0, 0.05) is 23.0 Å². The second kappa shape index (κ2) is 6.97. The minimum atomic E-state index is -0.286. The number of benzene rings is 1. The maximum Gasteiger partial charge on any atom is 0.291 e. The van der Waals surface area contributed by atoms with Gasteiger partial charge in [0.05, 0.1) is 0 Å². The number of aromatic nitrogens is 2. The summed E-state index contributed by atoms with van der Waals surface area (Å²) in [6.07, 6.45) is 3.41. The number of furan rings is 1. The topological polar surface area (TPSA) is 68.0 Å². The van der Waals surface area contributed by atoms with Crippen molar-refractivity contribution in [1.29, 1.82) is 0 Å². The molecule has 0 unspecified atom stereocenters. The van der Waals surface area contributed by atoms with Crippen molar-refractivity contribution in [2.75, 3.05) is 5.32 Å². The highest BCUT2D eigenvalue weighted by Crippen LogP contribution is 2.28. The summed E-state index contributed by atoms with van der Waals surface area (Å²) in [5.74, 6) is -0.0296. The van der Waals surface area contributed by atoms with Crippen LogP contribution in [-0.2, 0) is 0 Å². The van der Waals surface area contributed by atoms with Gasteiger partial charge in [0.25, 0.3) is 5.91 Å². The van der Waals surface area contributed by atoms with E-state index < -0.39 is 0 Å². The van der Waals surface area contributed by atoms with Crippen molar-refractivity contribution in [2.24, 2.45) is 0 Å². The van der Waals surface area contributed by atoms with E-state index in [1.165, 1.54) is 11.8 Å². The van der Waals surface area contributed by atoms with Gasteiger partial charge < -0.3 is 9.73 Å². The summed E-state index contributed by atoms with van der Waals surface area (Å²) in [6, 6.07) is 10.8. The summed E-state index contributed by atoms with van der Waals surface area (Å²) in [5, 5.41) is 3.52. The number of anilines is 1. The second-order valence-electron chi connectivity index (χ2n) is 4.67. The maximum atomic E-state index is 12.1. The minimum Gasteiger partial charge on any atom is -0.444 e. The van der Waals surface area contributed by atoms with Crippen LogP contribution in [0.2, 0.25) is 0 Å². The third-order valence-electron chi connectivity index (χ3n) is 2.99. The van der Waals surface area contributed by atoms with Gasteiger partial charge in [0.2, 0.25) is 0 Å². The monoisotopic (exact) mass is 389 g/mol. The van der Waals surface area contributed by atoms with Crippen molar-refractivity contribution in [3.05, 3.63) is 64.8 Å². The Morgan fingerprint density at radius 1 is 1.22 bits per heavy atom. The van der Waals surface area contributed by atoms with E-state index >= 15 is 0 Å². The predicted molar refractivity (Wildman–Crippen MR) is 91.7 cm³/mol. The van der Waals surface area contributed by atoms with Crippen molar-refractivity contribution >= 4 is 39.3 Å². The summed E-state index contributed by atoms with van der Waals surface area (Å²) in [6.45, 7) is 1.93. The molecule has 0 aliphatic rings. The lowest BCUT2D eigenvalue weighted by Crippen LogP contribution is -2.11. The third kappa shape index (κ3) is 4.00. The van der Waals surface area contributed by atoms with Crippen LogP contribution >= 0.6 is 27.7 Å². The number of aryl methyl sites for hydroxylation is 1. The molecular weight excluding hydrogens is 378 g/mol. The average molecular weight is 390 g/mol. The van der Waals surface area contributed by atoms with Gasteiger partial charge in [-0.1, -0.05) is 0 Å². The van der Waals surface area contributed by atoms with Crippen LogP contribution in [0.25, 0.3) is 0 Å². The van der Waals surface area contributed by atoms with Crippen molar-refractivity contribution in [3.63, 3.8) is 0 Å². The lowest BCUT2D eigenvalue weighted by molar-refractivity contribution is 0.0995. The number of halogens is 1. The Hall–Kier alpha value is -2.12. The molecule has 2 aromatic heterocycles. The van der Waals surface area contributed by atoms with E-state index in [4.69, 9.17) is 4.42 Å².